The third-order valence-electron chi connectivity index (χ3n) is 3.71. The summed E-state index contributed by atoms with van der Waals surface area (Å²) in [5.74, 6) is -1.67. The average Bonchev–Trinajstić information content (AvgIpc) is 2.57. The van der Waals surface area contributed by atoms with Gasteiger partial charge in [-0.3, -0.25) is 9.59 Å². The molecule has 24 heavy (non-hydrogen) atoms. The zero-order chi connectivity index (χ0) is 17.3. The van der Waals surface area contributed by atoms with E-state index in [9.17, 15) is 14.0 Å². The van der Waals surface area contributed by atoms with Crippen molar-refractivity contribution in [1.29, 1.82) is 0 Å². The van der Waals surface area contributed by atoms with Crippen molar-refractivity contribution in [2.75, 3.05) is 10.6 Å². The lowest BCUT2D eigenvalue weighted by Gasteiger charge is -2.27. The van der Waals surface area contributed by atoms with E-state index in [1.54, 1.807) is 6.92 Å². The number of amides is 2. The molecule has 0 aliphatic carbocycles. The van der Waals surface area contributed by atoms with Crippen LogP contribution in [0, 0.1) is 11.7 Å². The molecular formula is C17H14ClFN2O2S. The summed E-state index contributed by atoms with van der Waals surface area (Å²) in [4.78, 5) is 25.6. The minimum Gasteiger partial charge on any atom is -0.326 e. The molecule has 0 bridgehead atoms. The predicted octanol–water partition coefficient (Wildman–Crippen LogP) is 4.17. The van der Waals surface area contributed by atoms with Gasteiger partial charge in [0.2, 0.25) is 11.8 Å². The monoisotopic (exact) mass is 364 g/mol. The van der Waals surface area contributed by atoms with Gasteiger partial charge in [-0.15, -0.1) is 11.8 Å². The van der Waals surface area contributed by atoms with Gasteiger partial charge in [-0.1, -0.05) is 30.7 Å². The molecule has 4 nitrogen and oxygen atoms in total. The Morgan fingerprint density at radius 3 is 2.83 bits per heavy atom. The molecule has 2 aromatic rings. The Bertz CT molecular complexity index is 815. The normalized spacial score (nSPS) is 17.6. The highest BCUT2D eigenvalue weighted by atomic mass is 35.5. The topological polar surface area (TPSA) is 58.2 Å². The van der Waals surface area contributed by atoms with Crippen molar-refractivity contribution >= 4 is 46.6 Å². The van der Waals surface area contributed by atoms with Crippen LogP contribution in [0.15, 0.2) is 47.4 Å². The first-order valence-corrected chi connectivity index (χ1v) is 8.54. The van der Waals surface area contributed by atoms with E-state index in [0.717, 1.165) is 10.6 Å². The van der Waals surface area contributed by atoms with Crippen LogP contribution in [0.1, 0.15) is 6.92 Å². The van der Waals surface area contributed by atoms with Gasteiger partial charge in [-0.2, -0.15) is 0 Å². The summed E-state index contributed by atoms with van der Waals surface area (Å²) < 4.78 is 13.2. The first kappa shape index (κ1) is 16.8. The number of hydrogen-bond donors (Lipinski definition) is 2. The van der Waals surface area contributed by atoms with E-state index < -0.39 is 17.0 Å². The molecule has 1 aliphatic heterocycles. The largest absolute Gasteiger partial charge is 0.326 e. The molecule has 0 saturated carbocycles. The van der Waals surface area contributed by atoms with Gasteiger partial charge in [-0.25, -0.2) is 4.39 Å². The van der Waals surface area contributed by atoms with Gasteiger partial charge in [0.25, 0.3) is 0 Å². The molecular weight excluding hydrogens is 351 g/mol. The number of rotatable bonds is 3. The molecule has 0 fully saturated rings. The van der Waals surface area contributed by atoms with E-state index in [0.29, 0.717) is 5.69 Å². The second kappa shape index (κ2) is 6.83. The van der Waals surface area contributed by atoms with Gasteiger partial charge in [0.15, 0.2) is 0 Å². The maximum absolute atomic E-state index is 13.2. The Morgan fingerprint density at radius 1 is 1.33 bits per heavy atom. The zero-order valence-electron chi connectivity index (χ0n) is 12.7. The second-order valence-corrected chi connectivity index (χ2v) is 7.02. The Hall–Kier alpha value is -2.05. The van der Waals surface area contributed by atoms with E-state index in [4.69, 9.17) is 11.6 Å². The van der Waals surface area contributed by atoms with Crippen molar-refractivity contribution in [3.8, 4) is 0 Å². The number of anilines is 2. The fourth-order valence-electron chi connectivity index (χ4n) is 2.36. The van der Waals surface area contributed by atoms with Gasteiger partial charge in [0.05, 0.1) is 21.9 Å². The number of carbonyl (C=O) groups is 2. The van der Waals surface area contributed by atoms with Crippen molar-refractivity contribution in [2.24, 2.45) is 5.92 Å². The number of thioether (sulfide) groups is 1. The van der Waals surface area contributed by atoms with Crippen molar-refractivity contribution in [3.05, 3.63) is 53.3 Å². The minimum atomic E-state index is -0.577. The highest BCUT2D eigenvalue weighted by Gasteiger charge is 2.35. The summed E-state index contributed by atoms with van der Waals surface area (Å²) in [5.41, 5.74) is 1.14. The van der Waals surface area contributed by atoms with Crippen molar-refractivity contribution in [1.82, 2.24) is 0 Å². The van der Waals surface area contributed by atoms with Crippen molar-refractivity contribution in [3.63, 3.8) is 0 Å². The Labute approximate surface area is 147 Å². The van der Waals surface area contributed by atoms with Crippen molar-refractivity contribution < 1.29 is 14.0 Å². The third kappa shape index (κ3) is 3.39. The van der Waals surface area contributed by atoms with Crippen LogP contribution < -0.4 is 10.6 Å². The Balaban J connectivity index is 1.73. The fraction of sp³-hybridized carbons (Fsp3) is 0.176. The average molecular weight is 365 g/mol. The van der Waals surface area contributed by atoms with Crippen LogP contribution in [0.2, 0.25) is 5.02 Å². The van der Waals surface area contributed by atoms with E-state index in [1.165, 1.54) is 30.0 Å². The van der Waals surface area contributed by atoms with Crippen LogP contribution in [0.4, 0.5) is 15.8 Å². The molecule has 2 N–H and O–H groups in total. The van der Waals surface area contributed by atoms with Crippen molar-refractivity contribution in [2.45, 2.75) is 17.1 Å². The van der Waals surface area contributed by atoms with E-state index in [-0.39, 0.29) is 16.8 Å². The third-order valence-corrected chi connectivity index (χ3v) is 5.49. The van der Waals surface area contributed by atoms with Gasteiger partial charge in [-0.05, 0) is 30.3 Å². The number of nitrogens with one attached hydrogen (secondary N) is 2. The molecule has 124 valence electrons. The second-order valence-electron chi connectivity index (χ2n) is 5.43. The smallest absolute Gasteiger partial charge is 0.238 e. The van der Waals surface area contributed by atoms with Crippen LogP contribution in [-0.2, 0) is 9.59 Å². The maximum Gasteiger partial charge on any atom is 0.238 e. The highest BCUT2D eigenvalue weighted by Crippen LogP contribution is 2.38. The minimum absolute atomic E-state index is 0.0702. The molecule has 0 saturated heterocycles. The lowest BCUT2D eigenvalue weighted by molar-refractivity contribution is -0.123. The first-order chi connectivity index (χ1) is 11.5. The first-order valence-electron chi connectivity index (χ1n) is 7.28. The summed E-state index contributed by atoms with van der Waals surface area (Å²) in [5, 5.41) is 4.87. The standard InChI is InChI=1S/C17H14ClFN2O2S/c1-9(16(22)20-10-6-7-12(19)11(18)8-10)15-17(23)21-13-4-2-3-5-14(13)24-15/h2-9,15H,1H3,(H,20,22)(H,21,23). The molecule has 2 unspecified atom stereocenters. The predicted molar refractivity (Wildman–Crippen MR) is 93.9 cm³/mol. The summed E-state index contributed by atoms with van der Waals surface area (Å²) >= 11 is 7.07. The molecule has 1 heterocycles. The maximum atomic E-state index is 13.2. The molecule has 1 aliphatic rings. The molecule has 2 aromatic carbocycles. The number of hydrogen-bond acceptors (Lipinski definition) is 3. The van der Waals surface area contributed by atoms with Gasteiger partial charge >= 0.3 is 0 Å². The highest BCUT2D eigenvalue weighted by molar-refractivity contribution is 8.01. The summed E-state index contributed by atoms with van der Waals surface area (Å²) in [6.45, 7) is 1.69. The van der Waals surface area contributed by atoms with Gasteiger partial charge in [0, 0.05) is 10.6 Å². The molecule has 3 rings (SSSR count). The number of halogens is 2. The Kier molecular flexibility index (Phi) is 4.78. The van der Waals surface area contributed by atoms with Gasteiger partial charge < -0.3 is 10.6 Å². The van der Waals surface area contributed by atoms with E-state index in [1.807, 2.05) is 24.3 Å². The molecule has 0 spiro atoms. The summed E-state index contributed by atoms with van der Waals surface area (Å²) in [6, 6.07) is 11.4. The number of fused-ring (bicyclic) bond motifs is 1. The number of carbonyl (C=O) groups excluding carboxylic acids is 2. The van der Waals surface area contributed by atoms with Crippen LogP contribution in [-0.4, -0.2) is 17.1 Å². The lowest BCUT2D eigenvalue weighted by Crippen LogP contribution is -2.39. The molecule has 0 aromatic heterocycles. The number of para-hydroxylation sites is 1. The summed E-state index contributed by atoms with van der Waals surface area (Å²) in [6.07, 6.45) is 0. The molecule has 7 heteroatoms. The molecule has 2 atom stereocenters. The SMILES string of the molecule is CC(C(=O)Nc1ccc(F)c(Cl)c1)C1Sc2ccccc2NC1=O. The van der Waals surface area contributed by atoms with Crippen LogP contribution in [0.5, 0.6) is 0 Å². The van der Waals surface area contributed by atoms with E-state index in [2.05, 4.69) is 10.6 Å². The zero-order valence-corrected chi connectivity index (χ0v) is 14.2. The van der Waals surface area contributed by atoms with Gasteiger partial charge in [0.1, 0.15) is 5.82 Å². The van der Waals surface area contributed by atoms with Crippen LogP contribution in [0.3, 0.4) is 0 Å². The number of benzene rings is 2. The fourth-order valence-corrected chi connectivity index (χ4v) is 3.71. The molecule has 0 radical (unpaired) electrons. The Morgan fingerprint density at radius 2 is 2.08 bits per heavy atom. The quantitative estimate of drug-likeness (QED) is 0.859. The van der Waals surface area contributed by atoms with E-state index >= 15 is 0 Å². The van der Waals surface area contributed by atoms with Crippen LogP contribution in [0.25, 0.3) is 0 Å². The summed E-state index contributed by atoms with van der Waals surface area (Å²) in [7, 11) is 0. The lowest BCUT2D eigenvalue weighted by atomic mass is 10.1. The molecule has 2 amide bonds. The van der Waals surface area contributed by atoms with Crippen LogP contribution >= 0.6 is 23.4 Å².